The molecule has 0 aliphatic carbocycles. The van der Waals surface area contributed by atoms with E-state index in [1.165, 1.54) is 4.31 Å². The molecule has 1 aliphatic rings. The fraction of sp³-hybridized carbons (Fsp3) is 0.579. The van der Waals surface area contributed by atoms with Crippen LogP contribution in [0.15, 0.2) is 35.2 Å². The van der Waals surface area contributed by atoms with Gasteiger partial charge in [0.25, 0.3) is 0 Å². The molecule has 1 aliphatic heterocycles. The molecule has 1 amide bonds. The van der Waals surface area contributed by atoms with Crippen molar-refractivity contribution in [2.45, 2.75) is 50.5 Å². The Balaban J connectivity index is 2.13. The van der Waals surface area contributed by atoms with Gasteiger partial charge in [0.15, 0.2) is 0 Å². The lowest BCUT2D eigenvalue weighted by Crippen LogP contribution is -2.55. The number of piperidine rings is 1. The molecule has 0 saturated carbocycles. The lowest BCUT2D eigenvalue weighted by atomic mass is 9.84. The molecule has 0 radical (unpaired) electrons. The van der Waals surface area contributed by atoms with Crippen LogP contribution in [-0.2, 0) is 19.6 Å². The second-order valence-electron chi connectivity index (χ2n) is 7.65. The van der Waals surface area contributed by atoms with Crippen molar-refractivity contribution in [2.24, 2.45) is 11.8 Å². The van der Waals surface area contributed by atoms with Crippen LogP contribution in [0.25, 0.3) is 0 Å². The number of carboxylic acids is 1. The summed E-state index contributed by atoms with van der Waals surface area (Å²) in [4.78, 5) is 24.2. The summed E-state index contributed by atoms with van der Waals surface area (Å²) >= 11 is 0. The second kappa shape index (κ2) is 8.39. The van der Waals surface area contributed by atoms with Gasteiger partial charge in [0.05, 0.1) is 17.2 Å². The van der Waals surface area contributed by atoms with Crippen molar-refractivity contribution in [2.75, 3.05) is 13.1 Å². The van der Waals surface area contributed by atoms with Gasteiger partial charge in [-0.2, -0.15) is 4.31 Å². The molecule has 0 bridgehead atoms. The Morgan fingerprint density at radius 3 is 2.48 bits per heavy atom. The summed E-state index contributed by atoms with van der Waals surface area (Å²) in [5.74, 6) is -1.85. The van der Waals surface area contributed by atoms with Gasteiger partial charge in [0.1, 0.15) is 0 Å². The van der Waals surface area contributed by atoms with Crippen molar-refractivity contribution >= 4 is 21.9 Å². The Morgan fingerprint density at radius 1 is 1.30 bits per heavy atom. The van der Waals surface area contributed by atoms with Gasteiger partial charge in [-0.1, -0.05) is 32.0 Å². The molecular formula is C19H28N2O5S. The van der Waals surface area contributed by atoms with Gasteiger partial charge in [0, 0.05) is 18.6 Å². The average Bonchev–Trinajstić information content (AvgIpc) is 2.61. The normalized spacial score (nSPS) is 20.8. The van der Waals surface area contributed by atoms with Crippen LogP contribution in [0.1, 0.15) is 40.0 Å². The number of carboxylic acid groups (broad SMARTS) is 1. The van der Waals surface area contributed by atoms with Crippen LogP contribution in [0.3, 0.4) is 0 Å². The number of amides is 1. The Hall–Kier alpha value is -1.93. The number of hydrogen-bond donors (Lipinski definition) is 2. The molecule has 1 saturated heterocycles. The van der Waals surface area contributed by atoms with Crippen LogP contribution in [0, 0.1) is 11.8 Å². The van der Waals surface area contributed by atoms with Crippen LogP contribution < -0.4 is 5.32 Å². The van der Waals surface area contributed by atoms with E-state index in [1.54, 1.807) is 37.3 Å². The summed E-state index contributed by atoms with van der Waals surface area (Å²) in [5.41, 5.74) is -0.885. The molecule has 0 aromatic heterocycles. The number of nitrogens with zero attached hydrogens (tertiary/aromatic N) is 1. The van der Waals surface area contributed by atoms with E-state index >= 15 is 0 Å². The summed E-state index contributed by atoms with van der Waals surface area (Å²) in [7, 11) is -3.65. The highest BCUT2D eigenvalue weighted by Crippen LogP contribution is 2.26. The van der Waals surface area contributed by atoms with Crippen LogP contribution in [0.2, 0.25) is 0 Å². The number of nitrogens with one attached hydrogen (secondary N) is 1. The first-order valence-corrected chi connectivity index (χ1v) is 10.6. The Labute approximate surface area is 160 Å². The van der Waals surface area contributed by atoms with Crippen LogP contribution in [0.5, 0.6) is 0 Å². The topological polar surface area (TPSA) is 104 Å². The molecule has 1 aromatic rings. The van der Waals surface area contributed by atoms with Crippen LogP contribution in [0.4, 0.5) is 0 Å². The maximum Gasteiger partial charge on any atom is 0.305 e. The highest BCUT2D eigenvalue weighted by atomic mass is 32.2. The van der Waals surface area contributed by atoms with E-state index in [0.29, 0.717) is 19.4 Å². The molecule has 8 heteroatoms. The summed E-state index contributed by atoms with van der Waals surface area (Å²) < 4.78 is 27.0. The minimum Gasteiger partial charge on any atom is -0.481 e. The molecule has 1 heterocycles. The zero-order valence-electron chi connectivity index (χ0n) is 16.0. The van der Waals surface area contributed by atoms with Gasteiger partial charge in [-0.3, -0.25) is 9.59 Å². The Morgan fingerprint density at radius 2 is 1.93 bits per heavy atom. The van der Waals surface area contributed by atoms with Crippen molar-refractivity contribution in [1.29, 1.82) is 0 Å². The molecule has 1 fully saturated rings. The molecule has 7 nitrogen and oxygen atoms in total. The number of aliphatic carboxylic acids is 1. The summed E-state index contributed by atoms with van der Waals surface area (Å²) in [5, 5.41) is 12.0. The van der Waals surface area contributed by atoms with Crippen molar-refractivity contribution in [3.8, 4) is 0 Å². The van der Waals surface area contributed by atoms with E-state index < -0.39 is 27.4 Å². The van der Waals surface area contributed by atoms with Crippen molar-refractivity contribution in [3.63, 3.8) is 0 Å². The zero-order valence-corrected chi connectivity index (χ0v) is 16.8. The minimum atomic E-state index is -3.65. The summed E-state index contributed by atoms with van der Waals surface area (Å²) in [6.07, 6.45) is 0.977. The largest absolute Gasteiger partial charge is 0.481 e. The Kier molecular flexibility index (Phi) is 6.64. The predicted molar refractivity (Wildman–Crippen MR) is 102 cm³/mol. The number of hydrogen-bond acceptors (Lipinski definition) is 4. The maximum absolute atomic E-state index is 12.8. The number of carbonyl (C=O) groups is 2. The summed E-state index contributed by atoms with van der Waals surface area (Å²) in [6, 6.07) is 8.17. The van der Waals surface area contributed by atoms with E-state index in [9.17, 15) is 18.0 Å². The first kappa shape index (κ1) is 21.4. The maximum atomic E-state index is 12.8. The van der Waals surface area contributed by atoms with Crippen molar-refractivity contribution < 1.29 is 23.1 Å². The zero-order chi connectivity index (χ0) is 20.2. The van der Waals surface area contributed by atoms with Crippen molar-refractivity contribution in [3.05, 3.63) is 30.3 Å². The fourth-order valence-corrected chi connectivity index (χ4v) is 4.75. The molecule has 0 spiro atoms. The highest BCUT2D eigenvalue weighted by Gasteiger charge is 2.38. The number of benzene rings is 1. The molecule has 150 valence electrons. The molecule has 27 heavy (non-hydrogen) atoms. The van der Waals surface area contributed by atoms with Gasteiger partial charge in [-0.15, -0.1) is 0 Å². The van der Waals surface area contributed by atoms with Crippen LogP contribution >= 0.6 is 0 Å². The monoisotopic (exact) mass is 396 g/mol. The minimum absolute atomic E-state index is 0.0784. The molecule has 2 rings (SSSR count). The summed E-state index contributed by atoms with van der Waals surface area (Å²) in [6.45, 7) is 5.90. The third-order valence-electron chi connectivity index (χ3n) is 5.34. The molecule has 2 N–H and O–H groups in total. The smallest absolute Gasteiger partial charge is 0.305 e. The lowest BCUT2D eigenvalue weighted by Gasteiger charge is -2.37. The average molecular weight is 397 g/mol. The van der Waals surface area contributed by atoms with Gasteiger partial charge in [0.2, 0.25) is 15.9 Å². The lowest BCUT2D eigenvalue weighted by molar-refractivity contribution is -0.140. The number of sulfonamides is 1. The molecule has 2 unspecified atom stereocenters. The van der Waals surface area contributed by atoms with E-state index in [-0.39, 0.29) is 29.7 Å². The van der Waals surface area contributed by atoms with E-state index in [2.05, 4.69) is 5.32 Å². The van der Waals surface area contributed by atoms with Gasteiger partial charge < -0.3 is 10.4 Å². The second-order valence-corrected chi connectivity index (χ2v) is 9.59. The SMILES string of the molecule is CC(C)C(C)(CC(=O)O)NC(=O)C1CCCN(S(=O)(=O)c2ccccc2)C1. The number of carbonyl (C=O) groups excluding carboxylic acids is 1. The third kappa shape index (κ3) is 5.07. The molecular weight excluding hydrogens is 368 g/mol. The number of rotatable bonds is 7. The van der Waals surface area contributed by atoms with E-state index in [0.717, 1.165) is 0 Å². The first-order chi connectivity index (χ1) is 12.6. The van der Waals surface area contributed by atoms with E-state index in [1.807, 2.05) is 13.8 Å². The first-order valence-electron chi connectivity index (χ1n) is 9.15. The Bertz CT molecular complexity index is 779. The standard InChI is InChI=1S/C19H28N2O5S/c1-14(2)19(3,12-17(22)23)20-18(24)15-8-7-11-21(13-15)27(25,26)16-9-5-4-6-10-16/h4-6,9-10,14-15H,7-8,11-13H2,1-3H3,(H,20,24)(H,22,23). The van der Waals surface area contributed by atoms with Crippen molar-refractivity contribution in [1.82, 2.24) is 9.62 Å². The fourth-order valence-electron chi connectivity index (χ4n) is 3.21. The van der Waals surface area contributed by atoms with Gasteiger partial charge >= 0.3 is 5.97 Å². The predicted octanol–water partition coefficient (Wildman–Crippen LogP) is 2.09. The molecule has 2 atom stereocenters. The molecule has 1 aromatic carbocycles. The van der Waals surface area contributed by atoms with Crippen LogP contribution in [-0.4, -0.2) is 48.3 Å². The van der Waals surface area contributed by atoms with Gasteiger partial charge in [-0.25, -0.2) is 8.42 Å². The van der Waals surface area contributed by atoms with E-state index in [4.69, 9.17) is 5.11 Å². The highest BCUT2D eigenvalue weighted by molar-refractivity contribution is 7.89. The third-order valence-corrected chi connectivity index (χ3v) is 7.22. The van der Waals surface area contributed by atoms with Gasteiger partial charge in [-0.05, 0) is 37.8 Å². The quantitative estimate of drug-likeness (QED) is 0.734.